The van der Waals surface area contributed by atoms with Crippen molar-refractivity contribution >= 4 is 26.5 Å². The van der Waals surface area contributed by atoms with E-state index in [1.54, 1.807) is 24.3 Å². The first-order valence-corrected chi connectivity index (χ1v) is 10.2. The maximum absolute atomic E-state index is 13.4. The van der Waals surface area contributed by atoms with Gasteiger partial charge < -0.3 is 5.32 Å². The number of hydrogen-bond acceptors (Lipinski definition) is 3. The summed E-state index contributed by atoms with van der Waals surface area (Å²) in [6, 6.07) is 11.1. The average Bonchev–Trinajstić information content (AvgIpc) is 3.08. The molecule has 0 fully saturated rings. The van der Waals surface area contributed by atoms with Gasteiger partial charge in [0.2, 0.25) is 0 Å². The van der Waals surface area contributed by atoms with Crippen molar-refractivity contribution in [1.82, 2.24) is 9.29 Å². The Kier molecular flexibility index (Phi) is 4.55. The van der Waals surface area contributed by atoms with Crippen molar-refractivity contribution in [1.29, 1.82) is 0 Å². The lowest BCUT2D eigenvalue weighted by molar-refractivity contribution is -0.139. The Morgan fingerprint density at radius 2 is 1.71 bits per heavy atom. The van der Waals surface area contributed by atoms with E-state index in [1.807, 2.05) is 6.08 Å². The fourth-order valence-electron chi connectivity index (χ4n) is 3.49. The predicted molar refractivity (Wildman–Crippen MR) is 101 cm³/mol. The average molecular weight is 406 g/mol. The first-order chi connectivity index (χ1) is 13.3. The zero-order valence-electron chi connectivity index (χ0n) is 14.7. The van der Waals surface area contributed by atoms with Crippen LogP contribution in [0.3, 0.4) is 0 Å². The van der Waals surface area contributed by atoms with E-state index in [4.69, 9.17) is 0 Å². The highest BCUT2D eigenvalue weighted by atomic mass is 32.2. The Morgan fingerprint density at radius 3 is 2.43 bits per heavy atom. The number of alkyl halides is 3. The number of nitrogens with zero attached hydrogens (tertiary/aromatic N) is 1. The zero-order valence-corrected chi connectivity index (χ0v) is 15.5. The summed E-state index contributed by atoms with van der Waals surface area (Å²) >= 11 is 0. The largest absolute Gasteiger partial charge is 0.417 e. The molecule has 8 heteroatoms. The summed E-state index contributed by atoms with van der Waals surface area (Å²) in [4.78, 5) is -0.759. The van der Waals surface area contributed by atoms with Gasteiger partial charge >= 0.3 is 6.18 Å². The normalized spacial score (nSPS) is 15.6. The Hall–Kier alpha value is -2.58. The Balaban J connectivity index is 1.97. The third-order valence-electron chi connectivity index (χ3n) is 4.78. The summed E-state index contributed by atoms with van der Waals surface area (Å²) in [7, 11) is -4.45. The molecule has 0 amide bonds. The smallest absolute Gasteiger partial charge is 0.312 e. The van der Waals surface area contributed by atoms with E-state index in [-0.39, 0.29) is 0 Å². The van der Waals surface area contributed by atoms with Gasteiger partial charge in [0.1, 0.15) is 4.90 Å². The fraction of sp³-hybridized carbons (Fsp3) is 0.200. The second-order valence-electron chi connectivity index (χ2n) is 6.55. The molecular formula is C20H17F3N2O2S. The summed E-state index contributed by atoms with van der Waals surface area (Å²) in [5.41, 5.74) is 0.810. The first kappa shape index (κ1) is 18.8. The van der Waals surface area contributed by atoms with Crippen LogP contribution in [0.5, 0.6) is 0 Å². The number of rotatable bonds is 3. The second kappa shape index (κ2) is 6.79. The highest BCUT2D eigenvalue weighted by molar-refractivity contribution is 7.90. The van der Waals surface area contributed by atoms with Gasteiger partial charge in [0.25, 0.3) is 10.0 Å². The third-order valence-corrected chi connectivity index (χ3v) is 6.51. The SMILES string of the molecule is O=S(=O)(c1ccccc1C(F)(F)F)n1cc(C2=CCCNC2)c2ccccc21. The summed E-state index contributed by atoms with van der Waals surface area (Å²) in [6.07, 6.45) is -0.519. The number of hydrogen-bond donors (Lipinski definition) is 1. The Morgan fingerprint density at radius 1 is 1.00 bits per heavy atom. The van der Waals surface area contributed by atoms with Crippen LogP contribution in [0.1, 0.15) is 17.5 Å². The molecule has 0 bridgehead atoms. The van der Waals surface area contributed by atoms with Crippen molar-refractivity contribution in [2.75, 3.05) is 13.1 Å². The van der Waals surface area contributed by atoms with Gasteiger partial charge in [-0.2, -0.15) is 13.2 Å². The van der Waals surface area contributed by atoms with E-state index >= 15 is 0 Å². The number of para-hydroxylation sites is 1. The van der Waals surface area contributed by atoms with E-state index in [1.165, 1.54) is 18.3 Å². The molecule has 0 spiro atoms. The van der Waals surface area contributed by atoms with Crippen LogP contribution in [0.4, 0.5) is 13.2 Å². The monoisotopic (exact) mass is 406 g/mol. The van der Waals surface area contributed by atoms with Gasteiger partial charge in [-0.15, -0.1) is 0 Å². The summed E-state index contributed by atoms with van der Waals surface area (Å²) in [5, 5.41) is 3.92. The van der Waals surface area contributed by atoms with Crippen molar-refractivity contribution in [2.24, 2.45) is 0 Å². The number of benzene rings is 2. The van der Waals surface area contributed by atoms with Crippen LogP contribution in [0, 0.1) is 0 Å². The van der Waals surface area contributed by atoms with Crippen LogP contribution >= 0.6 is 0 Å². The lowest BCUT2D eigenvalue weighted by Gasteiger charge is -2.14. The van der Waals surface area contributed by atoms with E-state index in [0.29, 0.717) is 23.0 Å². The molecule has 0 aliphatic carbocycles. The van der Waals surface area contributed by atoms with Crippen molar-refractivity contribution < 1.29 is 21.6 Å². The molecule has 1 aromatic heterocycles. The molecule has 0 unspecified atom stereocenters. The molecule has 1 aliphatic rings. The second-order valence-corrected chi connectivity index (χ2v) is 8.33. The topological polar surface area (TPSA) is 51.1 Å². The van der Waals surface area contributed by atoms with Gasteiger partial charge in [-0.05, 0) is 36.7 Å². The summed E-state index contributed by atoms with van der Waals surface area (Å²) in [5.74, 6) is 0. The maximum Gasteiger partial charge on any atom is 0.417 e. The quantitative estimate of drug-likeness (QED) is 0.707. The standard InChI is InChI=1S/C20H17F3N2O2S/c21-20(22,23)17-8-2-4-10-19(17)28(26,27)25-13-16(14-6-5-11-24-12-14)15-7-1-3-9-18(15)25/h1-4,6-10,13,24H,5,11-12H2. The predicted octanol–water partition coefficient (Wildman–Crippen LogP) is 4.27. The van der Waals surface area contributed by atoms with Crippen LogP contribution < -0.4 is 5.32 Å². The number of nitrogens with one attached hydrogen (secondary N) is 1. The lowest BCUT2D eigenvalue weighted by atomic mass is 10.0. The molecule has 28 heavy (non-hydrogen) atoms. The van der Waals surface area contributed by atoms with Crippen LogP contribution in [0.15, 0.2) is 65.7 Å². The van der Waals surface area contributed by atoms with E-state index < -0.39 is 26.7 Å². The highest BCUT2D eigenvalue weighted by Crippen LogP contribution is 2.37. The molecule has 0 saturated carbocycles. The molecule has 4 rings (SSSR count). The fourth-order valence-corrected chi connectivity index (χ4v) is 5.07. The van der Waals surface area contributed by atoms with E-state index in [0.717, 1.165) is 34.6 Å². The minimum absolute atomic E-state index is 0.348. The van der Waals surface area contributed by atoms with Gasteiger partial charge in [-0.3, -0.25) is 0 Å². The van der Waals surface area contributed by atoms with E-state index in [2.05, 4.69) is 5.32 Å². The third kappa shape index (κ3) is 3.12. The van der Waals surface area contributed by atoms with Gasteiger partial charge in [-0.25, -0.2) is 12.4 Å². The van der Waals surface area contributed by atoms with Crippen LogP contribution in [0.2, 0.25) is 0 Å². The number of fused-ring (bicyclic) bond motifs is 1. The van der Waals surface area contributed by atoms with Crippen LogP contribution in [0.25, 0.3) is 16.5 Å². The van der Waals surface area contributed by atoms with Gasteiger partial charge in [0, 0.05) is 23.7 Å². The Labute approximate surface area is 160 Å². The molecule has 2 heterocycles. The molecule has 0 radical (unpaired) electrons. The summed E-state index contributed by atoms with van der Waals surface area (Å²) < 4.78 is 67.7. The zero-order chi connectivity index (χ0) is 19.9. The van der Waals surface area contributed by atoms with Crippen molar-refractivity contribution in [3.8, 4) is 0 Å². The maximum atomic E-state index is 13.4. The molecule has 0 atom stereocenters. The minimum Gasteiger partial charge on any atom is -0.312 e. The molecular weight excluding hydrogens is 389 g/mol. The molecule has 1 N–H and O–H groups in total. The molecule has 1 aliphatic heterocycles. The molecule has 4 nitrogen and oxygen atoms in total. The van der Waals surface area contributed by atoms with Crippen molar-refractivity contribution in [3.63, 3.8) is 0 Å². The van der Waals surface area contributed by atoms with Crippen LogP contribution in [-0.4, -0.2) is 25.5 Å². The number of halogens is 3. The van der Waals surface area contributed by atoms with Gasteiger partial charge in [0.15, 0.2) is 0 Å². The number of aromatic nitrogens is 1. The van der Waals surface area contributed by atoms with Gasteiger partial charge in [0.05, 0.1) is 11.1 Å². The van der Waals surface area contributed by atoms with Gasteiger partial charge in [-0.1, -0.05) is 36.4 Å². The van der Waals surface area contributed by atoms with E-state index in [9.17, 15) is 21.6 Å². The minimum atomic E-state index is -4.77. The van der Waals surface area contributed by atoms with Crippen molar-refractivity contribution in [3.05, 3.63) is 71.9 Å². The van der Waals surface area contributed by atoms with Crippen LogP contribution in [-0.2, 0) is 16.2 Å². The molecule has 3 aromatic rings. The lowest BCUT2D eigenvalue weighted by Crippen LogP contribution is -2.21. The first-order valence-electron chi connectivity index (χ1n) is 8.72. The summed E-state index contributed by atoms with van der Waals surface area (Å²) in [6.45, 7) is 1.41. The molecule has 0 saturated heterocycles. The molecule has 146 valence electrons. The highest BCUT2D eigenvalue weighted by Gasteiger charge is 2.38. The van der Waals surface area contributed by atoms with Crippen molar-refractivity contribution in [2.45, 2.75) is 17.5 Å². The Bertz CT molecular complexity index is 1180. The molecule has 2 aromatic carbocycles.